The minimum atomic E-state index is 0.491. The molecule has 0 aliphatic carbocycles. The summed E-state index contributed by atoms with van der Waals surface area (Å²) in [6.45, 7) is 0. The molecule has 0 fully saturated rings. The third kappa shape index (κ3) is 5.57. The molecule has 0 amide bonds. The van der Waals surface area contributed by atoms with Crippen molar-refractivity contribution in [3.05, 3.63) is 206 Å². The average molecular weight is 831 g/mol. The van der Waals surface area contributed by atoms with Crippen LogP contribution in [0.15, 0.2) is 215 Å². The molecule has 4 aromatic heterocycles. The Labute approximate surface area is 371 Å². The van der Waals surface area contributed by atoms with E-state index in [1.807, 2.05) is 48.5 Å². The van der Waals surface area contributed by atoms with Crippen LogP contribution < -0.4 is 0 Å². The lowest BCUT2D eigenvalue weighted by Crippen LogP contribution is -2.02. The van der Waals surface area contributed by atoms with E-state index in [9.17, 15) is 0 Å². The molecule has 0 aliphatic heterocycles. The normalized spacial score (nSPS) is 12.0. The maximum absolute atomic E-state index is 6.85. The zero-order valence-corrected chi connectivity index (χ0v) is 34.7. The molecule has 14 rings (SSSR count). The first-order chi connectivity index (χ1) is 32.2. The van der Waals surface area contributed by atoms with Crippen molar-refractivity contribution in [1.82, 2.24) is 19.5 Å². The second kappa shape index (κ2) is 13.8. The molecule has 0 N–H and O–H groups in total. The number of furan rings is 2. The first kappa shape index (κ1) is 35.7. The molecule has 0 saturated heterocycles. The van der Waals surface area contributed by atoms with Gasteiger partial charge in [-0.15, -0.1) is 0 Å². The molecule has 0 bridgehead atoms. The Kier molecular flexibility index (Phi) is 7.59. The fourth-order valence-corrected chi connectivity index (χ4v) is 9.91. The zero-order chi connectivity index (χ0) is 42.6. The molecule has 65 heavy (non-hydrogen) atoms. The zero-order valence-electron chi connectivity index (χ0n) is 34.7. The van der Waals surface area contributed by atoms with Gasteiger partial charge in [0, 0.05) is 43.6 Å². The van der Waals surface area contributed by atoms with Gasteiger partial charge >= 0.3 is 0 Å². The molecule has 0 aliphatic rings. The largest absolute Gasteiger partial charge is 0.455 e. The van der Waals surface area contributed by atoms with E-state index in [4.69, 9.17) is 23.8 Å². The van der Waals surface area contributed by atoms with Crippen molar-refractivity contribution in [3.8, 4) is 51.0 Å². The van der Waals surface area contributed by atoms with E-state index < -0.39 is 0 Å². The lowest BCUT2D eigenvalue weighted by atomic mass is 10.0. The number of nitrogens with zero attached hydrogens (tertiary/aromatic N) is 4. The average Bonchev–Trinajstić information content (AvgIpc) is 4.04. The van der Waals surface area contributed by atoms with E-state index in [-0.39, 0.29) is 0 Å². The van der Waals surface area contributed by atoms with Gasteiger partial charge in [-0.2, -0.15) is 0 Å². The molecule has 0 radical (unpaired) electrons. The van der Waals surface area contributed by atoms with Crippen LogP contribution in [0.4, 0.5) is 0 Å². The van der Waals surface area contributed by atoms with Crippen LogP contribution in [0.3, 0.4) is 0 Å². The number of aromatic nitrogens is 4. The molecule has 6 nitrogen and oxygen atoms in total. The highest BCUT2D eigenvalue weighted by molar-refractivity contribution is 6.18. The summed E-state index contributed by atoms with van der Waals surface area (Å²) in [5, 5.41) is 11.1. The number of hydrogen-bond acceptors (Lipinski definition) is 5. The standard InChI is InChI=1S/C59H34N4O2/c1-2-14-35(15-3-1)36-20-12-21-41(28-36)57-60-58(46-25-13-24-45-43-22-8-10-26-53(43)64-55(45)46)62-59(61-57)50-34-42(33-49-44-23-9-11-27-54(44)65-56(49)50)63-51-31-39-18-6-4-16-37(39)29-47(51)48-30-38-17-5-7-19-40(38)32-52(48)63/h1-34H. The van der Waals surface area contributed by atoms with Gasteiger partial charge in [-0.3, -0.25) is 0 Å². The molecule has 6 heteroatoms. The molecule has 10 aromatic carbocycles. The molecule has 0 atom stereocenters. The van der Waals surface area contributed by atoms with Crippen LogP contribution in [-0.2, 0) is 0 Å². The van der Waals surface area contributed by atoms with Crippen LogP contribution in [0.25, 0.3) is 138 Å². The predicted octanol–water partition coefficient (Wildman–Crippen LogP) is 15.7. The maximum atomic E-state index is 6.85. The van der Waals surface area contributed by atoms with Gasteiger partial charge in [0.1, 0.15) is 22.3 Å². The van der Waals surface area contributed by atoms with Crippen LogP contribution in [-0.4, -0.2) is 19.5 Å². The van der Waals surface area contributed by atoms with E-state index in [0.29, 0.717) is 23.1 Å². The summed E-state index contributed by atoms with van der Waals surface area (Å²) >= 11 is 0. The van der Waals surface area contributed by atoms with Gasteiger partial charge in [0.25, 0.3) is 0 Å². The SMILES string of the molecule is c1ccc(-c2cccc(-c3nc(-c4cccc5c4oc4ccccc45)nc(-c4cc(-n5c6cc7ccccc7cc6c6cc7ccccc7cc65)cc5c4oc4ccccc45)n3)c2)cc1. The van der Waals surface area contributed by atoms with Gasteiger partial charge in [0.15, 0.2) is 17.5 Å². The van der Waals surface area contributed by atoms with Crippen molar-refractivity contribution in [2.75, 3.05) is 0 Å². The van der Waals surface area contributed by atoms with Crippen LogP contribution >= 0.6 is 0 Å². The highest BCUT2D eigenvalue weighted by Gasteiger charge is 2.24. The van der Waals surface area contributed by atoms with E-state index in [1.165, 1.54) is 32.3 Å². The Hall–Kier alpha value is -8.87. The first-order valence-corrected chi connectivity index (χ1v) is 21.8. The van der Waals surface area contributed by atoms with E-state index in [1.54, 1.807) is 0 Å². The summed E-state index contributed by atoms with van der Waals surface area (Å²) in [5.74, 6) is 1.54. The van der Waals surface area contributed by atoms with E-state index >= 15 is 0 Å². The minimum Gasteiger partial charge on any atom is -0.455 e. The van der Waals surface area contributed by atoms with Crippen molar-refractivity contribution in [1.29, 1.82) is 0 Å². The fourth-order valence-electron chi connectivity index (χ4n) is 9.91. The molecule has 0 spiro atoms. The van der Waals surface area contributed by atoms with Gasteiger partial charge in [0.05, 0.1) is 22.2 Å². The summed E-state index contributed by atoms with van der Waals surface area (Å²) < 4.78 is 15.9. The summed E-state index contributed by atoms with van der Waals surface area (Å²) in [6, 6.07) is 72.3. The molecule has 302 valence electrons. The monoisotopic (exact) mass is 830 g/mol. The van der Waals surface area contributed by atoms with Crippen molar-refractivity contribution in [2.24, 2.45) is 0 Å². The summed E-state index contributed by atoms with van der Waals surface area (Å²) in [4.78, 5) is 16.1. The van der Waals surface area contributed by atoms with Crippen molar-refractivity contribution in [2.45, 2.75) is 0 Å². The number of rotatable bonds is 5. The Balaban J connectivity index is 1.09. The third-order valence-corrected chi connectivity index (χ3v) is 13.0. The lowest BCUT2D eigenvalue weighted by Gasteiger charge is -2.13. The maximum Gasteiger partial charge on any atom is 0.167 e. The van der Waals surface area contributed by atoms with Crippen LogP contribution in [0.2, 0.25) is 0 Å². The van der Waals surface area contributed by atoms with Crippen molar-refractivity contribution in [3.63, 3.8) is 0 Å². The highest BCUT2D eigenvalue weighted by atomic mass is 16.3. The summed E-state index contributed by atoms with van der Waals surface area (Å²) in [5.41, 5.74) is 10.8. The van der Waals surface area contributed by atoms with Crippen LogP contribution in [0.1, 0.15) is 0 Å². The van der Waals surface area contributed by atoms with Gasteiger partial charge in [0.2, 0.25) is 0 Å². The smallest absolute Gasteiger partial charge is 0.167 e. The third-order valence-electron chi connectivity index (χ3n) is 13.0. The Morgan fingerprint density at radius 3 is 1.48 bits per heavy atom. The molecule has 0 saturated carbocycles. The van der Waals surface area contributed by atoms with Crippen LogP contribution in [0, 0.1) is 0 Å². The lowest BCUT2D eigenvalue weighted by molar-refractivity contribution is 0.669. The topological polar surface area (TPSA) is 69.9 Å². The Bertz CT molecular complexity index is 4160. The molecule has 14 aromatic rings. The second-order valence-corrected chi connectivity index (χ2v) is 16.8. The highest BCUT2D eigenvalue weighted by Crippen LogP contribution is 2.43. The Morgan fingerprint density at radius 1 is 0.308 bits per heavy atom. The van der Waals surface area contributed by atoms with E-state index in [2.05, 4.69) is 162 Å². The Morgan fingerprint density at radius 2 is 0.800 bits per heavy atom. The van der Waals surface area contributed by atoms with E-state index in [0.717, 1.165) is 82.8 Å². The number of benzene rings is 10. The van der Waals surface area contributed by atoms with Crippen molar-refractivity contribution < 1.29 is 8.83 Å². The van der Waals surface area contributed by atoms with Gasteiger partial charge in [-0.05, 0) is 93.3 Å². The van der Waals surface area contributed by atoms with Gasteiger partial charge in [-0.25, -0.2) is 15.0 Å². The van der Waals surface area contributed by atoms with Crippen molar-refractivity contribution >= 4 is 87.2 Å². The van der Waals surface area contributed by atoms with Gasteiger partial charge < -0.3 is 13.4 Å². The summed E-state index contributed by atoms with van der Waals surface area (Å²) in [6.07, 6.45) is 0. The molecular formula is C59H34N4O2. The van der Waals surface area contributed by atoms with Crippen LogP contribution in [0.5, 0.6) is 0 Å². The number of hydrogen-bond donors (Lipinski definition) is 0. The summed E-state index contributed by atoms with van der Waals surface area (Å²) in [7, 11) is 0. The second-order valence-electron chi connectivity index (χ2n) is 16.8. The molecule has 0 unspecified atom stereocenters. The number of para-hydroxylation sites is 3. The predicted molar refractivity (Wildman–Crippen MR) is 265 cm³/mol. The fraction of sp³-hybridized carbons (Fsp3) is 0. The minimum absolute atomic E-state index is 0.491. The first-order valence-electron chi connectivity index (χ1n) is 21.8. The quantitative estimate of drug-likeness (QED) is 0.173. The molecule has 4 heterocycles. The van der Waals surface area contributed by atoms with Gasteiger partial charge in [-0.1, -0.05) is 146 Å². The number of fused-ring (bicyclic) bond motifs is 11. The molecular weight excluding hydrogens is 797 g/mol.